The van der Waals surface area contributed by atoms with Gasteiger partial charge in [-0.25, -0.2) is 0 Å². The lowest BCUT2D eigenvalue weighted by Gasteiger charge is -2.36. The highest BCUT2D eigenvalue weighted by Crippen LogP contribution is 2.13. The maximum absolute atomic E-state index is 11.0. The Hall–Kier alpha value is -1.59. The van der Waals surface area contributed by atoms with Crippen molar-refractivity contribution in [1.82, 2.24) is 9.80 Å². The number of hydrogen-bond acceptors (Lipinski definition) is 4. The fourth-order valence-corrected chi connectivity index (χ4v) is 2.61. The smallest absolute Gasteiger partial charge is 0.320 e. The minimum Gasteiger partial charge on any atom is -0.497 e. The molecule has 0 aromatic heterocycles. The standard InChI is InChI=1S/C16H24N2O3/c1-13(16(19)20)18-11-9-17(10-12-18)8-7-14-3-5-15(21-2)6-4-14/h3-6,13H,7-12H2,1-2H3,(H,19,20). The molecule has 1 N–H and O–H groups in total. The lowest BCUT2D eigenvalue weighted by molar-refractivity contribution is -0.143. The van der Waals surface area contributed by atoms with Gasteiger partial charge in [-0.3, -0.25) is 9.69 Å². The summed E-state index contributed by atoms with van der Waals surface area (Å²) in [7, 11) is 1.67. The number of carbonyl (C=O) groups is 1. The first-order chi connectivity index (χ1) is 10.1. The normalized spacial score (nSPS) is 18.4. The first-order valence-electron chi connectivity index (χ1n) is 7.42. The molecule has 5 heteroatoms. The van der Waals surface area contributed by atoms with Gasteiger partial charge in [-0.05, 0) is 31.0 Å². The van der Waals surface area contributed by atoms with Gasteiger partial charge < -0.3 is 14.7 Å². The van der Waals surface area contributed by atoms with Crippen LogP contribution >= 0.6 is 0 Å². The van der Waals surface area contributed by atoms with E-state index in [1.165, 1.54) is 5.56 Å². The van der Waals surface area contributed by atoms with Crippen LogP contribution < -0.4 is 4.74 Å². The van der Waals surface area contributed by atoms with E-state index in [1.54, 1.807) is 14.0 Å². The third-order valence-electron chi connectivity index (χ3n) is 4.19. The highest BCUT2D eigenvalue weighted by molar-refractivity contribution is 5.72. The second-order valence-electron chi connectivity index (χ2n) is 5.49. The predicted molar refractivity (Wildman–Crippen MR) is 81.8 cm³/mol. The van der Waals surface area contributed by atoms with Gasteiger partial charge in [-0.2, -0.15) is 0 Å². The molecule has 0 bridgehead atoms. The Bertz CT molecular complexity index is 453. The molecule has 1 fully saturated rings. The van der Waals surface area contributed by atoms with E-state index in [0.717, 1.165) is 44.9 Å². The summed E-state index contributed by atoms with van der Waals surface area (Å²) < 4.78 is 5.15. The number of benzene rings is 1. The highest BCUT2D eigenvalue weighted by atomic mass is 16.5. The first-order valence-corrected chi connectivity index (χ1v) is 7.42. The number of carboxylic acid groups (broad SMARTS) is 1. The van der Waals surface area contributed by atoms with Crippen LogP contribution in [0.5, 0.6) is 5.75 Å². The number of aliphatic carboxylic acids is 1. The molecular formula is C16H24N2O3. The van der Waals surface area contributed by atoms with Crippen LogP contribution in [-0.2, 0) is 11.2 Å². The molecule has 1 atom stereocenters. The summed E-state index contributed by atoms with van der Waals surface area (Å²) in [6.07, 6.45) is 1.01. The van der Waals surface area contributed by atoms with E-state index in [0.29, 0.717) is 0 Å². The van der Waals surface area contributed by atoms with Gasteiger partial charge in [-0.1, -0.05) is 12.1 Å². The largest absolute Gasteiger partial charge is 0.497 e. The van der Waals surface area contributed by atoms with Gasteiger partial charge in [0.1, 0.15) is 11.8 Å². The van der Waals surface area contributed by atoms with Gasteiger partial charge in [0.15, 0.2) is 0 Å². The third-order valence-corrected chi connectivity index (χ3v) is 4.19. The van der Waals surface area contributed by atoms with Gasteiger partial charge in [0.05, 0.1) is 7.11 Å². The monoisotopic (exact) mass is 292 g/mol. The van der Waals surface area contributed by atoms with E-state index in [-0.39, 0.29) is 6.04 Å². The second kappa shape index (κ2) is 7.43. The van der Waals surface area contributed by atoms with E-state index in [1.807, 2.05) is 17.0 Å². The van der Waals surface area contributed by atoms with Gasteiger partial charge >= 0.3 is 5.97 Å². The maximum atomic E-state index is 11.0. The van der Waals surface area contributed by atoms with E-state index < -0.39 is 5.97 Å². The molecule has 0 spiro atoms. The molecule has 1 aromatic rings. The Morgan fingerprint density at radius 3 is 2.38 bits per heavy atom. The lowest BCUT2D eigenvalue weighted by atomic mass is 10.1. The van der Waals surface area contributed by atoms with Crippen molar-refractivity contribution in [3.63, 3.8) is 0 Å². The van der Waals surface area contributed by atoms with Crippen LogP contribution in [0.25, 0.3) is 0 Å². The van der Waals surface area contributed by atoms with Crippen molar-refractivity contribution in [2.24, 2.45) is 0 Å². The number of rotatable bonds is 6. The Kier molecular flexibility index (Phi) is 5.59. The van der Waals surface area contributed by atoms with Crippen LogP contribution in [0.2, 0.25) is 0 Å². The molecule has 116 valence electrons. The van der Waals surface area contributed by atoms with Crippen LogP contribution in [0, 0.1) is 0 Å². The highest BCUT2D eigenvalue weighted by Gasteiger charge is 2.24. The molecule has 1 unspecified atom stereocenters. The zero-order valence-corrected chi connectivity index (χ0v) is 12.8. The number of ether oxygens (including phenoxy) is 1. The molecule has 1 heterocycles. The van der Waals surface area contributed by atoms with Crippen LogP contribution in [0.1, 0.15) is 12.5 Å². The molecular weight excluding hydrogens is 268 g/mol. The van der Waals surface area contributed by atoms with Crippen molar-refractivity contribution in [3.8, 4) is 5.75 Å². The quantitative estimate of drug-likeness (QED) is 0.857. The molecule has 1 aliphatic heterocycles. The third kappa shape index (κ3) is 4.44. The van der Waals surface area contributed by atoms with E-state index in [9.17, 15) is 4.79 Å². The summed E-state index contributed by atoms with van der Waals surface area (Å²) >= 11 is 0. The van der Waals surface area contributed by atoms with E-state index in [4.69, 9.17) is 9.84 Å². The molecule has 0 saturated carbocycles. The molecule has 0 radical (unpaired) electrons. The summed E-state index contributed by atoms with van der Waals surface area (Å²) in [5.74, 6) is 0.150. The van der Waals surface area contributed by atoms with Gasteiger partial charge in [0, 0.05) is 32.7 Å². The van der Waals surface area contributed by atoms with Gasteiger partial charge in [0.2, 0.25) is 0 Å². The van der Waals surface area contributed by atoms with Crippen molar-refractivity contribution in [3.05, 3.63) is 29.8 Å². The second-order valence-corrected chi connectivity index (χ2v) is 5.49. The van der Waals surface area contributed by atoms with Crippen molar-refractivity contribution in [2.45, 2.75) is 19.4 Å². The van der Waals surface area contributed by atoms with E-state index in [2.05, 4.69) is 17.0 Å². The fraction of sp³-hybridized carbons (Fsp3) is 0.562. The predicted octanol–water partition coefficient (Wildman–Crippen LogP) is 1.33. The number of hydrogen-bond donors (Lipinski definition) is 1. The van der Waals surface area contributed by atoms with Gasteiger partial charge in [-0.15, -0.1) is 0 Å². The Morgan fingerprint density at radius 2 is 1.86 bits per heavy atom. The van der Waals surface area contributed by atoms with Gasteiger partial charge in [0.25, 0.3) is 0 Å². The summed E-state index contributed by atoms with van der Waals surface area (Å²) in [4.78, 5) is 15.4. The minimum absolute atomic E-state index is 0.381. The fourth-order valence-electron chi connectivity index (χ4n) is 2.61. The minimum atomic E-state index is -0.735. The lowest BCUT2D eigenvalue weighted by Crippen LogP contribution is -2.51. The zero-order chi connectivity index (χ0) is 15.2. The molecule has 2 rings (SSSR count). The molecule has 1 aromatic carbocycles. The molecule has 1 saturated heterocycles. The first kappa shape index (κ1) is 15.8. The summed E-state index contributed by atoms with van der Waals surface area (Å²) in [6, 6.07) is 7.79. The maximum Gasteiger partial charge on any atom is 0.320 e. The van der Waals surface area contributed by atoms with Crippen molar-refractivity contribution in [1.29, 1.82) is 0 Å². The van der Waals surface area contributed by atoms with Crippen molar-refractivity contribution >= 4 is 5.97 Å². The Labute approximate surface area is 126 Å². The summed E-state index contributed by atoms with van der Waals surface area (Å²) in [6.45, 7) is 6.31. The van der Waals surface area contributed by atoms with Crippen molar-refractivity contribution in [2.75, 3.05) is 39.8 Å². The number of methoxy groups -OCH3 is 1. The zero-order valence-electron chi connectivity index (χ0n) is 12.8. The Balaban J connectivity index is 1.74. The average Bonchev–Trinajstić information content (AvgIpc) is 2.53. The number of carboxylic acids is 1. The van der Waals surface area contributed by atoms with Crippen LogP contribution in [0.15, 0.2) is 24.3 Å². The molecule has 5 nitrogen and oxygen atoms in total. The SMILES string of the molecule is COc1ccc(CCN2CCN(C(C)C(=O)O)CC2)cc1. The summed E-state index contributed by atoms with van der Waals surface area (Å²) in [5.41, 5.74) is 1.30. The topological polar surface area (TPSA) is 53.0 Å². The summed E-state index contributed by atoms with van der Waals surface area (Å²) in [5, 5.41) is 9.03. The van der Waals surface area contributed by atoms with Crippen LogP contribution in [0.4, 0.5) is 0 Å². The van der Waals surface area contributed by atoms with E-state index >= 15 is 0 Å². The number of piperazine rings is 1. The molecule has 1 aliphatic rings. The molecule has 21 heavy (non-hydrogen) atoms. The van der Waals surface area contributed by atoms with Crippen LogP contribution in [-0.4, -0.2) is 66.8 Å². The molecule has 0 aliphatic carbocycles. The van der Waals surface area contributed by atoms with Crippen LogP contribution in [0.3, 0.4) is 0 Å². The average molecular weight is 292 g/mol. The Morgan fingerprint density at radius 1 is 1.24 bits per heavy atom. The number of nitrogens with zero attached hydrogens (tertiary/aromatic N) is 2. The molecule has 0 amide bonds. The van der Waals surface area contributed by atoms with Crippen molar-refractivity contribution < 1.29 is 14.6 Å².